The van der Waals surface area contributed by atoms with Crippen LogP contribution in [0.3, 0.4) is 0 Å². The first-order valence-electron chi connectivity index (χ1n) is 4.23. The van der Waals surface area contributed by atoms with E-state index < -0.39 is 12.5 Å². The van der Waals surface area contributed by atoms with E-state index in [1.54, 1.807) is 0 Å². The maximum absolute atomic E-state index is 13.0. The molecule has 0 amide bonds. The molecule has 0 saturated carbocycles. The van der Waals surface area contributed by atoms with Crippen LogP contribution in [0.4, 0.5) is 8.78 Å². The number of benzene rings is 1. The van der Waals surface area contributed by atoms with Crippen LogP contribution in [0.5, 0.6) is 5.75 Å². The van der Waals surface area contributed by atoms with Crippen LogP contribution in [0, 0.1) is 18.2 Å². The van der Waals surface area contributed by atoms with Crippen molar-refractivity contribution in [1.29, 1.82) is 0 Å². The summed E-state index contributed by atoms with van der Waals surface area (Å²) >= 11 is 0. The Balaban J connectivity index is 2.70. The van der Waals surface area contributed by atoms with Gasteiger partial charge in [0.2, 0.25) is 0 Å². The first-order valence-corrected chi connectivity index (χ1v) is 4.23. The Kier molecular flexibility index (Phi) is 3.93. The van der Waals surface area contributed by atoms with Crippen molar-refractivity contribution in [3.63, 3.8) is 0 Å². The number of alkyl halides is 1. The summed E-state index contributed by atoms with van der Waals surface area (Å²) in [4.78, 5) is 0. The largest absolute Gasteiger partial charge is 0.490 e. The zero-order chi connectivity index (χ0) is 10.4. The maximum Gasteiger partial charge on any atom is 0.165 e. The highest BCUT2D eigenvalue weighted by Crippen LogP contribution is 2.18. The predicted molar refractivity (Wildman–Crippen MR) is 50.4 cm³/mol. The molecule has 3 heteroatoms. The van der Waals surface area contributed by atoms with E-state index in [0.717, 1.165) is 0 Å². The van der Waals surface area contributed by atoms with E-state index in [4.69, 9.17) is 11.2 Å². The normalized spacial score (nSPS) is 9.50. The molecular weight excluding hydrogens is 186 g/mol. The lowest BCUT2D eigenvalue weighted by Gasteiger charge is -2.05. The minimum Gasteiger partial charge on any atom is -0.490 e. The quantitative estimate of drug-likeness (QED) is 0.531. The molecule has 0 fully saturated rings. The van der Waals surface area contributed by atoms with Gasteiger partial charge in [-0.3, -0.25) is 4.39 Å². The van der Waals surface area contributed by atoms with Crippen molar-refractivity contribution in [2.24, 2.45) is 0 Å². The highest BCUT2D eigenvalue weighted by molar-refractivity contribution is 5.39. The molecule has 0 saturated heterocycles. The number of terminal acetylenes is 1. The number of hydrogen-bond donors (Lipinski definition) is 0. The Morgan fingerprint density at radius 1 is 1.43 bits per heavy atom. The molecule has 0 aliphatic heterocycles. The second-order valence-electron chi connectivity index (χ2n) is 2.68. The van der Waals surface area contributed by atoms with E-state index in [1.165, 1.54) is 18.2 Å². The van der Waals surface area contributed by atoms with Gasteiger partial charge in [0.05, 0.1) is 13.3 Å². The summed E-state index contributed by atoms with van der Waals surface area (Å²) < 4.78 is 29.8. The Morgan fingerprint density at radius 3 is 2.86 bits per heavy atom. The third-order valence-corrected chi connectivity index (χ3v) is 1.63. The van der Waals surface area contributed by atoms with Gasteiger partial charge in [-0.25, -0.2) is 4.39 Å². The van der Waals surface area contributed by atoms with Crippen LogP contribution in [-0.2, 0) is 0 Å². The van der Waals surface area contributed by atoms with Gasteiger partial charge in [0.1, 0.15) is 0 Å². The van der Waals surface area contributed by atoms with Gasteiger partial charge >= 0.3 is 0 Å². The molecule has 0 atom stereocenters. The number of ether oxygens (including phenoxy) is 1. The lowest BCUT2D eigenvalue weighted by Crippen LogP contribution is -2.00. The van der Waals surface area contributed by atoms with E-state index >= 15 is 0 Å². The predicted octanol–water partition coefficient (Wildman–Crippen LogP) is 2.55. The van der Waals surface area contributed by atoms with E-state index in [9.17, 15) is 8.78 Å². The van der Waals surface area contributed by atoms with Crippen molar-refractivity contribution in [3.8, 4) is 18.1 Å². The molecule has 0 heterocycles. The number of hydrogen-bond acceptors (Lipinski definition) is 1. The average molecular weight is 196 g/mol. The SMILES string of the molecule is C#Cc1ccc(F)c(OCCCF)c1. The fourth-order valence-electron chi connectivity index (χ4n) is 0.940. The molecule has 0 radical (unpaired) electrons. The van der Waals surface area contributed by atoms with Crippen molar-refractivity contribution in [2.75, 3.05) is 13.3 Å². The summed E-state index contributed by atoms with van der Waals surface area (Å²) in [6, 6.07) is 4.14. The molecule has 14 heavy (non-hydrogen) atoms. The van der Waals surface area contributed by atoms with Crippen molar-refractivity contribution < 1.29 is 13.5 Å². The molecule has 1 aromatic rings. The Hall–Kier alpha value is -1.56. The lowest BCUT2D eigenvalue weighted by molar-refractivity contribution is 0.277. The van der Waals surface area contributed by atoms with Crippen molar-refractivity contribution in [3.05, 3.63) is 29.6 Å². The molecule has 0 bridgehead atoms. The van der Waals surface area contributed by atoms with Gasteiger partial charge in [-0.2, -0.15) is 0 Å². The molecule has 1 nitrogen and oxygen atoms in total. The molecule has 1 aromatic carbocycles. The third kappa shape index (κ3) is 2.74. The van der Waals surface area contributed by atoms with Gasteiger partial charge in [0, 0.05) is 12.0 Å². The molecule has 0 aliphatic rings. The van der Waals surface area contributed by atoms with Gasteiger partial charge < -0.3 is 4.74 Å². The molecule has 0 aromatic heterocycles. The summed E-state index contributed by atoms with van der Waals surface area (Å²) in [5.74, 6) is 1.96. The molecule has 74 valence electrons. The van der Waals surface area contributed by atoms with Crippen LogP contribution in [-0.4, -0.2) is 13.3 Å². The first-order chi connectivity index (χ1) is 6.77. The van der Waals surface area contributed by atoms with Crippen LogP contribution in [0.15, 0.2) is 18.2 Å². The van der Waals surface area contributed by atoms with E-state index in [-0.39, 0.29) is 18.8 Å². The number of halogens is 2. The Labute approximate surface area is 81.7 Å². The zero-order valence-corrected chi connectivity index (χ0v) is 7.59. The van der Waals surface area contributed by atoms with Crippen LogP contribution in [0.1, 0.15) is 12.0 Å². The summed E-state index contributed by atoms with van der Waals surface area (Å²) in [5, 5.41) is 0. The van der Waals surface area contributed by atoms with E-state index in [1.807, 2.05) is 0 Å². The average Bonchev–Trinajstić information content (AvgIpc) is 2.21. The van der Waals surface area contributed by atoms with Crippen molar-refractivity contribution in [1.82, 2.24) is 0 Å². The molecule has 0 N–H and O–H groups in total. The molecule has 0 unspecified atom stereocenters. The number of rotatable bonds is 4. The topological polar surface area (TPSA) is 9.23 Å². The highest BCUT2D eigenvalue weighted by Gasteiger charge is 2.03. The first kappa shape index (κ1) is 10.5. The highest BCUT2D eigenvalue weighted by atomic mass is 19.1. The Bertz CT molecular complexity index is 342. The van der Waals surface area contributed by atoms with Crippen molar-refractivity contribution >= 4 is 0 Å². The van der Waals surface area contributed by atoms with Crippen LogP contribution in [0.2, 0.25) is 0 Å². The second-order valence-corrected chi connectivity index (χ2v) is 2.68. The van der Waals surface area contributed by atoms with Crippen LogP contribution >= 0.6 is 0 Å². The molecule has 0 aliphatic carbocycles. The maximum atomic E-state index is 13.0. The molecular formula is C11H10F2O. The van der Waals surface area contributed by atoms with Gasteiger partial charge in [-0.1, -0.05) is 5.92 Å². The van der Waals surface area contributed by atoms with Gasteiger partial charge in [-0.05, 0) is 18.2 Å². The monoisotopic (exact) mass is 196 g/mol. The lowest BCUT2D eigenvalue weighted by atomic mass is 10.2. The van der Waals surface area contributed by atoms with Crippen molar-refractivity contribution in [2.45, 2.75) is 6.42 Å². The standard InChI is InChI=1S/C11H10F2O/c1-2-9-4-5-10(13)11(8-9)14-7-3-6-12/h1,4-5,8H,3,6-7H2. The molecule has 1 rings (SSSR count). The van der Waals surface area contributed by atoms with E-state index in [2.05, 4.69) is 5.92 Å². The summed E-state index contributed by atoms with van der Waals surface area (Å²) in [7, 11) is 0. The van der Waals surface area contributed by atoms with Crippen LogP contribution in [0.25, 0.3) is 0 Å². The second kappa shape index (κ2) is 5.23. The smallest absolute Gasteiger partial charge is 0.165 e. The van der Waals surface area contributed by atoms with E-state index in [0.29, 0.717) is 5.56 Å². The van der Waals surface area contributed by atoms with Gasteiger partial charge in [0.15, 0.2) is 11.6 Å². The minimum absolute atomic E-state index is 0.0777. The Morgan fingerprint density at radius 2 is 2.21 bits per heavy atom. The molecule has 0 spiro atoms. The zero-order valence-electron chi connectivity index (χ0n) is 7.59. The minimum atomic E-state index is -0.483. The van der Waals surface area contributed by atoms with Gasteiger partial charge in [-0.15, -0.1) is 6.42 Å². The van der Waals surface area contributed by atoms with Crippen LogP contribution < -0.4 is 4.74 Å². The fraction of sp³-hybridized carbons (Fsp3) is 0.273. The summed E-state index contributed by atoms with van der Waals surface area (Å²) in [5.41, 5.74) is 0.543. The summed E-state index contributed by atoms with van der Waals surface area (Å²) in [6.45, 7) is -0.322. The third-order valence-electron chi connectivity index (χ3n) is 1.63. The fourth-order valence-corrected chi connectivity index (χ4v) is 0.940. The summed E-state index contributed by atoms with van der Waals surface area (Å²) in [6.07, 6.45) is 5.39. The van der Waals surface area contributed by atoms with Gasteiger partial charge in [0.25, 0.3) is 0 Å².